The number of benzene rings is 1. The molecule has 1 aliphatic carbocycles. The average Bonchev–Trinajstić information content (AvgIpc) is 2.30. The lowest BCUT2D eigenvalue weighted by Gasteiger charge is -2.37. The van der Waals surface area contributed by atoms with Crippen molar-refractivity contribution in [1.29, 1.82) is 0 Å². The molecule has 0 aromatic heterocycles. The monoisotopic (exact) mass is 283 g/mol. The topological polar surface area (TPSA) is 86.6 Å². The van der Waals surface area contributed by atoms with Crippen LogP contribution in [0, 0.1) is 5.41 Å². The summed E-state index contributed by atoms with van der Waals surface area (Å²) in [7, 11) is 0. The van der Waals surface area contributed by atoms with Crippen molar-refractivity contribution in [3.63, 3.8) is 0 Å². The van der Waals surface area contributed by atoms with Crippen LogP contribution in [0.2, 0.25) is 5.02 Å². The molecule has 0 spiro atoms. The Bertz CT molecular complexity index is 525. The highest BCUT2D eigenvalue weighted by Crippen LogP contribution is 2.40. The summed E-state index contributed by atoms with van der Waals surface area (Å²) in [6.07, 6.45) is 1.97. The van der Waals surface area contributed by atoms with Crippen LogP contribution in [-0.2, 0) is 4.79 Å². The fourth-order valence-electron chi connectivity index (χ4n) is 2.10. The summed E-state index contributed by atoms with van der Waals surface area (Å²) in [5.41, 5.74) is -0.809. The molecule has 3 N–H and O–H groups in total. The van der Waals surface area contributed by atoms with E-state index in [4.69, 9.17) is 16.7 Å². The van der Waals surface area contributed by atoms with E-state index in [1.807, 2.05) is 0 Å². The molecule has 5 nitrogen and oxygen atoms in total. The second-order valence-electron chi connectivity index (χ2n) is 4.78. The van der Waals surface area contributed by atoms with Gasteiger partial charge in [-0.2, -0.15) is 0 Å². The van der Waals surface area contributed by atoms with Gasteiger partial charge in [0.25, 0.3) is 5.91 Å². The van der Waals surface area contributed by atoms with Crippen molar-refractivity contribution >= 4 is 23.5 Å². The first-order valence-corrected chi connectivity index (χ1v) is 6.32. The van der Waals surface area contributed by atoms with Crippen LogP contribution in [-0.4, -0.2) is 28.6 Å². The van der Waals surface area contributed by atoms with Crippen molar-refractivity contribution in [2.24, 2.45) is 5.41 Å². The van der Waals surface area contributed by atoms with Crippen LogP contribution in [0.1, 0.15) is 29.6 Å². The predicted octanol–water partition coefficient (Wildman–Crippen LogP) is 2.03. The first-order valence-electron chi connectivity index (χ1n) is 5.95. The van der Waals surface area contributed by atoms with Crippen molar-refractivity contribution in [3.8, 4) is 5.75 Å². The number of carbonyl (C=O) groups excluding carboxylic acids is 1. The Hall–Kier alpha value is -1.75. The Morgan fingerprint density at radius 2 is 2.05 bits per heavy atom. The van der Waals surface area contributed by atoms with E-state index >= 15 is 0 Å². The third kappa shape index (κ3) is 2.66. The molecule has 1 aliphatic rings. The molecule has 1 saturated carbocycles. The lowest BCUT2D eigenvalue weighted by molar-refractivity contribution is -0.153. The maximum absolute atomic E-state index is 11.9. The minimum absolute atomic E-state index is 0.0485. The van der Waals surface area contributed by atoms with Crippen molar-refractivity contribution in [2.45, 2.75) is 19.3 Å². The highest BCUT2D eigenvalue weighted by Gasteiger charge is 2.44. The molecule has 0 saturated heterocycles. The minimum atomic E-state index is -0.894. The number of phenols is 1. The summed E-state index contributed by atoms with van der Waals surface area (Å²) in [5, 5.41) is 21.6. The van der Waals surface area contributed by atoms with Gasteiger partial charge in [0, 0.05) is 11.6 Å². The smallest absolute Gasteiger partial charge is 0.311 e. The number of aliphatic carboxylic acids is 1. The van der Waals surface area contributed by atoms with Crippen molar-refractivity contribution in [3.05, 3.63) is 28.8 Å². The second-order valence-corrected chi connectivity index (χ2v) is 5.22. The number of carbonyl (C=O) groups is 2. The van der Waals surface area contributed by atoms with Crippen LogP contribution < -0.4 is 5.32 Å². The van der Waals surface area contributed by atoms with Gasteiger partial charge >= 0.3 is 5.97 Å². The third-order valence-electron chi connectivity index (χ3n) is 3.55. The van der Waals surface area contributed by atoms with Gasteiger partial charge in [0.05, 0.1) is 11.0 Å². The first kappa shape index (κ1) is 13.7. The number of phenolic OH excluding ortho intramolecular Hbond substituents is 1. The van der Waals surface area contributed by atoms with Crippen LogP contribution in [0.3, 0.4) is 0 Å². The van der Waals surface area contributed by atoms with Gasteiger partial charge in [-0.05, 0) is 31.0 Å². The number of carboxylic acid groups (broad SMARTS) is 1. The number of carboxylic acids is 1. The Labute approximate surface area is 115 Å². The summed E-state index contributed by atoms with van der Waals surface area (Å²) in [6, 6.07) is 4.15. The molecule has 0 aliphatic heterocycles. The number of aromatic hydroxyl groups is 1. The molecule has 1 aromatic carbocycles. The molecule has 0 heterocycles. The molecule has 6 heteroatoms. The van der Waals surface area contributed by atoms with Crippen LogP contribution in [0.25, 0.3) is 0 Å². The summed E-state index contributed by atoms with van der Waals surface area (Å²) in [6.45, 7) is 0.0626. The molecule has 0 bridgehead atoms. The van der Waals surface area contributed by atoms with Gasteiger partial charge < -0.3 is 15.5 Å². The molecule has 1 amide bonds. The molecule has 2 rings (SSSR count). The van der Waals surface area contributed by atoms with E-state index in [-0.39, 0.29) is 17.9 Å². The summed E-state index contributed by atoms with van der Waals surface area (Å²) < 4.78 is 0. The van der Waals surface area contributed by atoms with Gasteiger partial charge in [0.2, 0.25) is 0 Å². The van der Waals surface area contributed by atoms with Gasteiger partial charge in [-0.15, -0.1) is 0 Å². The number of amides is 1. The molecule has 1 aromatic rings. The van der Waals surface area contributed by atoms with E-state index in [0.29, 0.717) is 17.9 Å². The van der Waals surface area contributed by atoms with E-state index in [2.05, 4.69) is 5.32 Å². The van der Waals surface area contributed by atoms with Gasteiger partial charge in [-0.1, -0.05) is 18.0 Å². The summed E-state index contributed by atoms with van der Waals surface area (Å²) in [4.78, 5) is 23.1. The van der Waals surface area contributed by atoms with Crippen molar-refractivity contribution < 1.29 is 19.8 Å². The lowest BCUT2D eigenvalue weighted by Crippen LogP contribution is -2.47. The number of rotatable bonds is 4. The Balaban J connectivity index is 2.05. The van der Waals surface area contributed by atoms with E-state index in [9.17, 15) is 14.7 Å². The molecule has 0 radical (unpaired) electrons. The van der Waals surface area contributed by atoms with Crippen molar-refractivity contribution in [1.82, 2.24) is 5.32 Å². The van der Waals surface area contributed by atoms with Gasteiger partial charge in [-0.25, -0.2) is 0 Å². The van der Waals surface area contributed by atoms with E-state index in [1.165, 1.54) is 18.2 Å². The predicted molar refractivity (Wildman–Crippen MR) is 69.4 cm³/mol. The fraction of sp³-hybridized carbons (Fsp3) is 0.385. The average molecular weight is 284 g/mol. The van der Waals surface area contributed by atoms with Crippen LogP contribution >= 0.6 is 11.6 Å². The van der Waals surface area contributed by atoms with Crippen LogP contribution in [0.4, 0.5) is 0 Å². The number of halogens is 1. The SMILES string of the molecule is O=C(NCC1(C(=O)O)CCC1)c1cc(Cl)ccc1O. The normalized spacial score (nSPS) is 16.5. The Morgan fingerprint density at radius 3 is 2.58 bits per heavy atom. The quantitative estimate of drug-likeness (QED) is 0.789. The van der Waals surface area contributed by atoms with Crippen LogP contribution in [0.15, 0.2) is 18.2 Å². The highest BCUT2D eigenvalue weighted by atomic mass is 35.5. The summed E-state index contributed by atoms with van der Waals surface area (Å²) in [5.74, 6) is -1.60. The van der Waals surface area contributed by atoms with Gasteiger partial charge in [0.15, 0.2) is 0 Å². The number of hydrogen-bond donors (Lipinski definition) is 3. The molecule has 1 fully saturated rings. The molecule has 0 atom stereocenters. The Morgan fingerprint density at radius 1 is 1.37 bits per heavy atom. The minimum Gasteiger partial charge on any atom is -0.507 e. The molecule has 0 unspecified atom stereocenters. The molecular formula is C13H14ClNO4. The zero-order chi connectivity index (χ0) is 14.0. The van der Waals surface area contributed by atoms with E-state index in [0.717, 1.165) is 6.42 Å². The standard InChI is InChI=1S/C13H14ClNO4/c14-8-2-3-10(16)9(6-8)11(17)15-7-13(12(18)19)4-1-5-13/h2-3,6,16H,1,4-5,7H2,(H,15,17)(H,18,19). The molecule has 19 heavy (non-hydrogen) atoms. The molecule has 102 valence electrons. The maximum Gasteiger partial charge on any atom is 0.311 e. The largest absolute Gasteiger partial charge is 0.507 e. The molecular weight excluding hydrogens is 270 g/mol. The van der Waals surface area contributed by atoms with Gasteiger partial charge in [-0.3, -0.25) is 9.59 Å². The Kier molecular flexibility index (Phi) is 3.66. The van der Waals surface area contributed by atoms with E-state index in [1.54, 1.807) is 0 Å². The lowest BCUT2D eigenvalue weighted by atomic mass is 9.69. The second kappa shape index (κ2) is 5.09. The first-order chi connectivity index (χ1) is 8.94. The highest BCUT2D eigenvalue weighted by molar-refractivity contribution is 6.31. The fourth-order valence-corrected chi connectivity index (χ4v) is 2.28. The van der Waals surface area contributed by atoms with Crippen molar-refractivity contribution in [2.75, 3.05) is 6.54 Å². The number of hydrogen-bond acceptors (Lipinski definition) is 3. The van der Waals surface area contributed by atoms with E-state index < -0.39 is 17.3 Å². The third-order valence-corrected chi connectivity index (χ3v) is 3.79. The summed E-state index contributed by atoms with van der Waals surface area (Å²) >= 11 is 5.75. The zero-order valence-electron chi connectivity index (χ0n) is 10.1. The van der Waals surface area contributed by atoms with Gasteiger partial charge in [0.1, 0.15) is 5.75 Å². The zero-order valence-corrected chi connectivity index (χ0v) is 10.9. The van der Waals surface area contributed by atoms with Crippen LogP contribution in [0.5, 0.6) is 5.75 Å². The number of nitrogens with one attached hydrogen (secondary N) is 1. The maximum atomic E-state index is 11.9.